The van der Waals surface area contributed by atoms with E-state index < -0.39 is 0 Å². The van der Waals surface area contributed by atoms with Crippen LogP contribution in [0.3, 0.4) is 0 Å². The summed E-state index contributed by atoms with van der Waals surface area (Å²) in [6.07, 6.45) is 0. The molecule has 1 atom stereocenters. The summed E-state index contributed by atoms with van der Waals surface area (Å²) in [5.74, 6) is -0.0903. The van der Waals surface area contributed by atoms with Crippen molar-refractivity contribution in [1.82, 2.24) is 0 Å². The second kappa shape index (κ2) is 2.67. The van der Waals surface area contributed by atoms with Gasteiger partial charge in [-0.25, -0.2) is 4.39 Å². The molecule has 54 valence electrons. The fourth-order valence-electron chi connectivity index (χ4n) is 0.835. The average molecular weight is 156 g/mol. The van der Waals surface area contributed by atoms with Crippen molar-refractivity contribution in [3.05, 3.63) is 29.1 Å². The van der Waals surface area contributed by atoms with Crippen LogP contribution in [0.5, 0.6) is 0 Å². The van der Waals surface area contributed by atoms with Crippen LogP contribution < -0.4 is 5.30 Å². The number of hydrogen-bond acceptors (Lipinski definition) is 0. The van der Waals surface area contributed by atoms with Gasteiger partial charge in [-0.1, -0.05) is 12.1 Å². The van der Waals surface area contributed by atoms with E-state index in [1.54, 1.807) is 19.9 Å². The van der Waals surface area contributed by atoms with Gasteiger partial charge in [-0.2, -0.15) is 0 Å². The smallest absolute Gasteiger partial charge is 0.129 e. The lowest BCUT2D eigenvalue weighted by molar-refractivity contribution is 0.611. The molecule has 0 heterocycles. The molecule has 0 aliphatic rings. The predicted molar refractivity (Wildman–Crippen MR) is 45.2 cm³/mol. The summed E-state index contributed by atoms with van der Waals surface area (Å²) in [5, 5.41) is 0.933. The van der Waals surface area contributed by atoms with Crippen LogP contribution in [0.15, 0.2) is 12.1 Å². The molecule has 0 nitrogen and oxygen atoms in total. The van der Waals surface area contributed by atoms with E-state index in [1.807, 2.05) is 6.07 Å². The van der Waals surface area contributed by atoms with E-state index in [9.17, 15) is 4.39 Å². The molecule has 0 spiro atoms. The lowest BCUT2D eigenvalue weighted by atomic mass is 10.1. The third kappa shape index (κ3) is 1.19. The van der Waals surface area contributed by atoms with Crippen LogP contribution in [0.2, 0.25) is 0 Å². The molecule has 1 aromatic rings. The largest absolute Gasteiger partial charge is 0.206 e. The third-order valence-electron chi connectivity index (χ3n) is 1.62. The SMILES string of the molecule is Cc1ccc(P)c(C)c1F. The zero-order chi connectivity index (χ0) is 7.72. The van der Waals surface area contributed by atoms with E-state index >= 15 is 0 Å². The lowest BCUT2D eigenvalue weighted by Crippen LogP contribution is -2.01. The molecule has 1 rings (SSSR count). The molecule has 0 fully saturated rings. The summed E-state index contributed by atoms with van der Waals surface area (Å²) in [7, 11) is 2.50. The van der Waals surface area contributed by atoms with Crippen LogP contribution in [0, 0.1) is 19.7 Å². The predicted octanol–water partition coefficient (Wildman–Crippen LogP) is 1.94. The summed E-state index contributed by atoms with van der Waals surface area (Å²) < 4.78 is 13.0. The summed E-state index contributed by atoms with van der Waals surface area (Å²) in [6, 6.07) is 3.68. The van der Waals surface area contributed by atoms with Crippen LogP contribution in [0.1, 0.15) is 11.1 Å². The highest BCUT2D eigenvalue weighted by Gasteiger charge is 2.01. The van der Waals surface area contributed by atoms with E-state index in [2.05, 4.69) is 9.24 Å². The van der Waals surface area contributed by atoms with Crippen LogP contribution in [-0.2, 0) is 0 Å². The molecule has 0 aliphatic carbocycles. The zero-order valence-corrected chi connectivity index (χ0v) is 7.26. The molecule has 0 saturated carbocycles. The first-order valence-corrected chi connectivity index (χ1v) is 3.72. The Balaban J connectivity index is 3.34. The summed E-state index contributed by atoms with van der Waals surface area (Å²) in [4.78, 5) is 0. The maximum atomic E-state index is 13.0. The number of hydrogen-bond donors (Lipinski definition) is 0. The van der Waals surface area contributed by atoms with E-state index in [4.69, 9.17) is 0 Å². The molecule has 10 heavy (non-hydrogen) atoms. The number of aryl methyl sites for hydroxylation is 1. The highest BCUT2D eigenvalue weighted by atomic mass is 31.0. The Labute approximate surface area is 62.7 Å². The van der Waals surface area contributed by atoms with Gasteiger partial charge in [-0.15, -0.1) is 9.24 Å². The molecule has 0 bridgehead atoms. The molecule has 0 radical (unpaired) electrons. The van der Waals surface area contributed by atoms with Gasteiger partial charge in [0.05, 0.1) is 0 Å². The topological polar surface area (TPSA) is 0 Å². The molecule has 1 unspecified atom stereocenters. The molecule has 0 aliphatic heterocycles. The van der Waals surface area contributed by atoms with Gasteiger partial charge in [0.15, 0.2) is 0 Å². The molecule has 1 aromatic carbocycles. The van der Waals surface area contributed by atoms with Crippen molar-refractivity contribution in [2.45, 2.75) is 13.8 Å². The summed E-state index contributed by atoms with van der Waals surface area (Å²) in [5.41, 5.74) is 1.44. The quantitative estimate of drug-likeness (QED) is 0.503. The van der Waals surface area contributed by atoms with Crippen molar-refractivity contribution < 1.29 is 4.39 Å². The summed E-state index contributed by atoms with van der Waals surface area (Å²) >= 11 is 0. The van der Waals surface area contributed by atoms with Crippen LogP contribution >= 0.6 is 9.24 Å². The Morgan fingerprint density at radius 3 is 2.40 bits per heavy atom. The van der Waals surface area contributed by atoms with Crippen LogP contribution in [-0.4, -0.2) is 0 Å². The monoisotopic (exact) mass is 156 g/mol. The number of halogens is 1. The van der Waals surface area contributed by atoms with Gasteiger partial charge < -0.3 is 0 Å². The van der Waals surface area contributed by atoms with Gasteiger partial charge in [-0.3, -0.25) is 0 Å². The van der Waals surface area contributed by atoms with Crippen molar-refractivity contribution in [1.29, 1.82) is 0 Å². The van der Waals surface area contributed by atoms with Gasteiger partial charge in [0.2, 0.25) is 0 Å². The molecule has 0 saturated heterocycles. The normalized spacial score (nSPS) is 10.0. The van der Waals surface area contributed by atoms with Gasteiger partial charge in [0, 0.05) is 0 Å². The standard InChI is InChI=1S/C8H10FP/c1-5-3-4-7(10)6(2)8(5)9/h3-4H,10H2,1-2H3. The molecular formula is C8H10FP. The second-order valence-electron chi connectivity index (χ2n) is 2.41. The molecular weight excluding hydrogens is 146 g/mol. The van der Waals surface area contributed by atoms with Crippen molar-refractivity contribution in [3.8, 4) is 0 Å². The van der Waals surface area contributed by atoms with E-state index in [0.717, 1.165) is 10.9 Å². The van der Waals surface area contributed by atoms with Gasteiger partial charge in [0.1, 0.15) is 5.82 Å². The fraction of sp³-hybridized carbons (Fsp3) is 0.250. The Kier molecular flexibility index (Phi) is 2.05. The molecule has 2 heteroatoms. The van der Waals surface area contributed by atoms with Crippen LogP contribution in [0.25, 0.3) is 0 Å². The first kappa shape index (κ1) is 7.68. The molecule has 0 amide bonds. The Morgan fingerprint density at radius 2 is 1.90 bits per heavy atom. The van der Waals surface area contributed by atoms with Gasteiger partial charge in [-0.05, 0) is 30.3 Å². The van der Waals surface area contributed by atoms with Crippen molar-refractivity contribution in [2.24, 2.45) is 0 Å². The van der Waals surface area contributed by atoms with E-state index in [-0.39, 0.29) is 5.82 Å². The lowest BCUT2D eigenvalue weighted by Gasteiger charge is -2.02. The Morgan fingerprint density at radius 1 is 1.30 bits per heavy atom. The maximum absolute atomic E-state index is 13.0. The van der Waals surface area contributed by atoms with Crippen molar-refractivity contribution in [3.63, 3.8) is 0 Å². The number of benzene rings is 1. The minimum absolute atomic E-state index is 0.0903. The van der Waals surface area contributed by atoms with Crippen molar-refractivity contribution in [2.75, 3.05) is 0 Å². The minimum atomic E-state index is -0.0903. The highest BCUT2D eigenvalue weighted by molar-refractivity contribution is 7.27. The fourth-order valence-corrected chi connectivity index (χ4v) is 1.06. The molecule has 0 aromatic heterocycles. The maximum Gasteiger partial charge on any atom is 0.129 e. The molecule has 0 N–H and O–H groups in total. The van der Waals surface area contributed by atoms with Gasteiger partial charge in [0.25, 0.3) is 0 Å². The number of rotatable bonds is 0. The van der Waals surface area contributed by atoms with Gasteiger partial charge >= 0.3 is 0 Å². The van der Waals surface area contributed by atoms with E-state index in [0.29, 0.717) is 5.56 Å². The highest BCUT2D eigenvalue weighted by Crippen LogP contribution is 2.10. The first-order valence-electron chi connectivity index (χ1n) is 3.14. The second-order valence-corrected chi connectivity index (χ2v) is 3.03. The average Bonchev–Trinajstić information content (AvgIpc) is 1.93. The van der Waals surface area contributed by atoms with E-state index in [1.165, 1.54) is 0 Å². The third-order valence-corrected chi connectivity index (χ3v) is 2.25. The zero-order valence-electron chi connectivity index (χ0n) is 6.11. The van der Waals surface area contributed by atoms with Crippen LogP contribution in [0.4, 0.5) is 4.39 Å². The Hall–Kier alpha value is -0.420. The van der Waals surface area contributed by atoms with Crippen molar-refractivity contribution >= 4 is 14.5 Å². The minimum Gasteiger partial charge on any atom is -0.206 e. The first-order chi connectivity index (χ1) is 4.63. The Bertz CT molecular complexity index is 229. The summed E-state index contributed by atoms with van der Waals surface area (Å²) in [6.45, 7) is 3.55.